The van der Waals surface area contributed by atoms with Crippen LogP contribution in [0, 0.1) is 0 Å². The SMILES string of the molecule is O=C(Cn1ccccc1=O)NCc1ccncc1. The molecule has 1 amide bonds. The number of pyridine rings is 2. The molecule has 18 heavy (non-hydrogen) atoms. The number of nitrogens with one attached hydrogen (secondary N) is 1. The summed E-state index contributed by atoms with van der Waals surface area (Å²) in [5, 5.41) is 2.75. The van der Waals surface area contributed by atoms with Crippen LogP contribution in [-0.4, -0.2) is 15.5 Å². The molecule has 0 unspecified atom stereocenters. The molecule has 2 aromatic heterocycles. The van der Waals surface area contributed by atoms with E-state index in [2.05, 4.69) is 10.3 Å². The van der Waals surface area contributed by atoms with Gasteiger partial charge in [0.15, 0.2) is 0 Å². The highest BCUT2D eigenvalue weighted by Gasteiger charge is 2.03. The van der Waals surface area contributed by atoms with Crippen LogP contribution < -0.4 is 10.9 Å². The summed E-state index contributed by atoms with van der Waals surface area (Å²) in [6.45, 7) is 0.466. The highest BCUT2D eigenvalue weighted by atomic mass is 16.2. The summed E-state index contributed by atoms with van der Waals surface area (Å²) in [5.41, 5.74) is 0.787. The molecule has 0 aliphatic carbocycles. The van der Waals surface area contributed by atoms with E-state index >= 15 is 0 Å². The summed E-state index contributed by atoms with van der Waals surface area (Å²) < 4.78 is 1.36. The van der Waals surface area contributed by atoms with E-state index in [1.165, 1.54) is 10.6 Å². The Morgan fingerprint density at radius 1 is 1.22 bits per heavy atom. The molecule has 5 heteroatoms. The minimum atomic E-state index is -0.194. The third-order valence-corrected chi connectivity index (χ3v) is 2.45. The zero-order valence-electron chi connectivity index (χ0n) is 9.74. The predicted octanol–water partition coefficient (Wildman–Crippen LogP) is 0.560. The molecule has 0 fully saturated rings. The fourth-order valence-corrected chi connectivity index (χ4v) is 1.50. The summed E-state index contributed by atoms with van der Waals surface area (Å²) in [6, 6.07) is 8.45. The van der Waals surface area contributed by atoms with Gasteiger partial charge in [0, 0.05) is 31.2 Å². The molecule has 0 atom stereocenters. The van der Waals surface area contributed by atoms with Crippen LogP contribution in [0.25, 0.3) is 0 Å². The molecule has 0 aromatic carbocycles. The predicted molar refractivity (Wildman–Crippen MR) is 66.8 cm³/mol. The van der Waals surface area contributed by atoms with Gasteiger partial charge in [-0.3, -0.25) is 14.6 Å². The lowest BCUT2D eigenvalue weighted by atomic mass is 10.3. The van der Waals surface area contributed by atoms with E-state index in [-0.39, 0.29) is 18.0 Å². The minimum absolute atomic E-state index is 0.0325. The molecule has 0 bridgehead atoms. The second-order valence-electron chi connectivity index (χ2n) is 3.80. The standard InChI is InChI=1S/C13H13N3O2/c17-12(10-16-8-2-1-3-13(16)18)15-9-11-4-6-14-7-5-11/h1-8H,9-10H2,(H,15,17). The molecular weight excluding hydrogens is 230 g/mol. The van der Waals surface area contributed by atoms with Gasteiger partial charge in [-0.2, -0.15) is 0 Å². The van der Waals surface area contributed by atoms with Crippen LogP contribution in [0.2, 0.25) is 0 Å². The monoisotopic (exact) mass is 243 g/mol. The number of rotatable bonds is 4. The van der Waals surface area contributed by atoms with Crippen molar-refractivity contribution >= 4 is 5.91 Å². The Labute approximate surface area is 104 Å². The summed E-state index contributed by atoms with van der Waals surface area (Å²) in [4.78, 5) is 26.9. The van der Waals surface area contributed by atoms with Crippen molar-refractivity contribution in [2.24, 2.45) is 0 Å². The summed E-state index contributed by atoms with van der Waals surface area (Å²) >= 11 is 0. The normalized spacial score (nSPS) is 10.0. The second kappa shape index (κ2) is 5.77. The largest absolute Gasteiger partial charge is 0.350 e. The summed E-state index contributed by atoms with van der Waals surface area (Å²) in [6.07, 6.45) is 4.93. The molecule has 5 nitrogen and oxygen atoms in total. The summed E-state index contributed by atoms with van der Waals surface area (Å²) in [5.74, 6) is -0.194. The van der Waals surface area contributed by atoms with E-state index in [1.807, 2.05) is 12.1 Å². The van der Waals surface area contributed by atoms with Gasteiger partial charge in [0.2, 0.25) is 5.91 Å². The Bertz CT molecular complexity index is 578. The van der Waals surface area contributed by atoms with Crippen molar-refractivity contribution in [2.45, 2.75) is 13.1 Å². The molecular formula is C13H13N3O2. The van der Waals surface area contributed by atoms with E-state index in [0.29, 0.717) is 6.54 Å². The van der Waals surface area contributed by atoms with Gasteiger partial charge < -0.3 is 9.88 Å². The van der Waals surface area contributed by atoms with Crippen LogP contribution in [0.3, 0.4) is 0 Å². The fraction of sp³-hybridized carbons (Fsp3) is 0.154. The van der Waals surface area contributed by atoms with E-state index in [4.69, 9.17) is 0 Å². The van der Waals surface area contributed by atoms with Crippen molar-refractivity contribution in [1.29, 1.82) is 0 Å². The smallest absolute Gasteiger partial charge is 0.250 e. The first-order valence-electron chi connectivity index (χ1n) is 5.57. The van der Waals surface area contributed by atoms with Gasteiger partial charge in [-0.05, 0) is 23.8 Å². The molecule has 0 saturated heterocycles. The Morgan fingerprint density at radius 2 is 2.00 bits per heavy atom. The van der Waals surface area contributed by atoms with Crippen molar-refractivity contribution in [3.05, 3.63) is 64.8 Å². The summed E-state index contributed by atoms with van der Waals surface area (Å²) in [7, 11) is 0. The van der Waals surface area contributed by atoms with Crippen LogP contribution in [0.4, 0.5) is 0 Å². The van der Waals surface area contributed by atoms with Gasteiger partial charge in [-0.1, -0.05) is 6.07 Å². The number of aromatic nitrogens is 2. The van der Waals surface area contributed by atoms with Crippen LogP contribution >= 0.6 is 0 Å². The number of hydrogen-bond acceptors (Lipinski definition) is 3. The molecule has 0 aliphatic rings. The Kier molecular flexibility index (Phi) is 3.86. The molecule has 0 aliphatic heterocycles. The molecule has 2 rings (SSSR count). The first-order valence-corrected chi connectivity index (χ1v) is 5.57. The van der Waals surface area contributed by atoms with Crippen molar-refractivity contribution in [3.63, 3.8) is 0 Å². The first kappa shape index (κ1) is 12.0. The highest BCUT2D eigenvalue weighted by molar-refractivity contribution is 5.75. The third-order valence-electron chi connectivity index (χ3n) is 2.45. The molecule has 0 radical (unpaired) electrons. The van der Waals surface area contributed by atoms with Crippen molar-refractivity contribution in [1.82, 2.24) is 14.9 Å². The van der Waals surface area contributed by atoms with E-state index in [9.17, 15) is 9.59 Å². The van der Waals surface area contributed by atoms with E-state index in [0.717, 1.165) is 5.56 Å². The average Bonchev–Trinajstić information content (AvgIpc) is 2.40. The minimum Gasteiger partial charge on any atom is -0.350 e. The molecule has 0 saturated carbocycles. The maximum Gasteiger partial charge on any atom is 0.250 e. The molecule has 2 aromatic rings. The number of carbonyl (C=O) groups excluding carboxylic acids is 1. The second-order valence-corrected chi connectivity index (χ2v) is 3.80. The van der Waals surface area contributed by atoms with Gasteiger partial charge in [-0.15, -0.1) is 0 Å². The van der Waals surface area contributed by atoms with Crippen molar-refractivity contribution in [3.8, 4) is 0 Å². The van der Waals surface area contributed by atoms with Crippen LogP contribution in [0.5, 0.6) is 0 Å². The number of hydrogen-bond donors (Lipinski definition) is 1. The van der Waals surface area contributed by atoms with Crippen LogP contribution in [0.15, 0.2) is 53.7 Å². The van der Waals surface area contributed by atoms with Gasteiger partial charge in [0.05, 0.1) is 0 Å². The quantitative estimate of drug-likeness (QED) is 0.853. The fourth-order valence-electron chi connectivity index (χ4n) is 1.50. The van der Waals surface area contributed by atoms with Crippen LogP contribution in [0.1, 0.15) is 5.56 Å². The highest BCUT2D eigenvalue weighted by Crippen LogP contribution is 1.94. The van der Waals surface area contributed by atoms with Gasteiger partial charge in [0.25, 0.3) is 5.56 Å². The van der Waals surface area contributed by atoms with Gasteiger partial charge in [-0.25, -0.2) is 0 Å². The third kappa shape index (κ3) is 3.28. The number of nitrogens with zero attached hydrogens (tertiary/aromatic N) is 2. The van der Waals surface area contributed by atoms with Gasteiger partial charge >= 0.3 is 0 Å². The lowest BCUT2D eigenvalue weighted by Crippen LogP contribution is -2.31. The molecule has 92 valence electrons. The number of carbonyl (C=O) groups is 1. The van der Waals surface area contributed by atoms with Crippen LogP contribution in [-0.2, 0) is 17.9 Å². The average molecular weight is 243 g/mol. The zero-order chi connectivity index (χ0) is 12.8. The topological polar surface area (TPSA) is 64.0 Å². The maximum atomic E-state index is 11.7. The van der Waals surface area contributed by atoms with E-state index in [1.54, 1.807) is 30.7 Å². The van der Waals surface area contributed by atoms with E-state index < -0.39 is 0 Å². The molecule has 1 N–H and O–H groups in total. The molecule has 0 spiro atoms. The maximum absolute atomic E-state index is 11.7. The van der Waals surface area contributed by atoms with Crippen molar-refractivity contribution in [2.75, 3.05) is 0 Å². The van der Waals surface area contributed by atoms with Crippen molar-refractivity contribution < 1.29 is 4.79 Å². The molecule has 2 heterocycles. The zero-order valence-corrected chi connectivity index (χ0v) is 9.74. The number of amides is 1. The lowest BCUT2D eigenvalue weighted by Gasteiger charge is -2.06. The van der Waals surface area contributed by atoms with Gasteiger partial charge in [0.1, 0.15) is 6.54 Å². The Balaban J connectivity index is 1.90. The lowest BCUT2D eigenvalue weighted by molar-refractivity contribution is -0.121. The Hall–Kier alpha value is -2.43. The first-order chi connectivity index (χ1) is 8.75. The Morgan fingerprint density at radius 3 is 2.72 bits per heavy atom.